The zero-order valence-electron chi connectivity index (χ0n) is 14.3. The molecule has 3 aromatic carbocycles. The smallest absolute Gasteiger partial charge is 0.148 e. The standard InChI is InChI=1S/C21H15Br3ClNO/c1-13-19(25)3-2-4-20(13)26-11-15-9-17(23)21(18(24)10-15)27-12-14-5-7-16(22)8-6-14/h2-11H,12H2,1H3. The van der Waals surface area contributed by atoms with Gasteiger partial charge in [0.2, 0.25) is 0 Å². The highest BCUT2D eigenvalue weighted by atomic mass is 79.9. The average molecular weight is 573 g/mol. The summed E-state index contributed by atoms with van der Waals surface area (Å²) in [7, 11) is 0. The molecule has 0 N–H and O–H groups in total. The topological polar surface area (TPSA) is 21.6 Å². The molecule has 0 aliphatic rings. The molecule has 0 spiro atoms. The van der Waals surface area contributed by atoms with Gasteiger partial charge in [-0.15, -0.1) is 0 Å². The molecule has 3 aromatic rings. The molecule has 0 amide bonds. The first kappa shape index (κ1) is 20.6. The molecule has 0 saturated heterocycles. The van der Waals surface area contributed by atoms with Gasteiger partial charge in [-0.25, -0.2) is 0 Å². The quantitative estimate of drug-likeness (QED) is 0.282. The molecular weight excluding hydrogens is 557 g/mol. The van der Waals surface area contributed by atoms with Crippen molar-refractivity contribution in [3.8, 4) is 5.75 Å². The first-order chi connectivity index (χ1) is 12.9. The maximum atomic E-state index is 6.15. The van der Waals surface area contributed by atoms with E-state index in [0.717, 1.165) is 41.5 Å². The van der Waals surface area contributed by atoms with Crippen LogP contribution in [0, 0.1) is 6.92 Å². The Morgan fingerprint density at radius 2 is 1.67 bits per heavy atom. The third-order valence-corrected chi connectivity index (χ3v) is 6.03. The molecule has 3 rings (SSSR count). The van der Waals surface area contributed by atoms with E-state index in [2.05, 4.69) is 52.8 Å². The minimum atomic E-state index is 0.486. The van der Waals surface area contributed by atoms with Crippen molar-refractivity contribution in [2.45, 2.75) is 13.5 Å². The molecule has 0 bridgehead atoms. The van der Waals surface area contributed by atoms with E-state index in [9.17, 15) is 0 Å². The zero-order valence-corrected chi connectivity index (χ0v) is 19.9. The van der Waals surface area contributed by atoms with E-state index in [4.69, 9.17) is 16.3 Å². The second-order valence-electron chi connectivity index (χ2n) is 5.87. The number of halogens is 4. The first-order valence-electron chi connectivity index (χ1n) is 8.09. The SMILES string of the molecule is Cc1c(Cl)cccc1N=Cc1cc(Br)c(OCc2ccc(Br)cc2)c(Br)c1. The van der Waals surface area contributed by atoms with E-state index in [-0.39, 0.29) is 0 Å². The van der Waals surface area contributed by atoms with Gasteiger partial charge < -0.3 is 4.74 Å². The van der Waals surface area contributed by atoms with E-state index in [1.165, 1.54) is 0 Å². The van der Waals surface area contributed by atoms with Crippen molar-refractivity contribution < 1.29 is 4.74 Å². The van der Waals surface area contributed by atoms with Crippen LogP contribution in [-0.2, 0) is 6.61 Å². The van der Waals surface area contributed by atoms with Crippen molar-refractivity contribution in [3.05, 3.63) is 89.7 Å². The number of hydrogen-bond acceptors (Lipinski definition) is 2. The molecule has 0 heterocycles. The molecule has 2 nitrogen and oxygen atoms in total. The summed E-state index contributed by atoms with van der Waals surface area (Å²) in [5, 5.41) is 0.712. The Morgan fingerprint density at radius 1 is 1.00 bits per heavy atom. The summed E-state index contributed by atoms with van der Waals surface area (Å²) >= 11 is 16.8. The number of aliphatic imine (C=N–C) groups is 1. The van der Waals surface area contributed by atoms with Crippen LogP contribution in [0.2, 0.25) is 5.02 Å². The third-order valence-electron chi connectivity index (χ3n) is 3.91. The van der Waals surface area contributed by atoms with Crippen LogP contribution < -0.4 is 4.74 Å². The molecule has 138 valence electrons. The van der Waals surface area contributed by atoms with Gasteiger partial charge in [0.25, 0.3) is 0 Å². The van der Waals surface area contributed by atoms with Gasteiger partial charge in [-0.2, -0.15) is 0 Å². The highest BCUT2D eigenvalue weighted by Crippen LogP contribution is 2.35. The van der Waals surface area contributed by atoms with Gasteiger partial charge >= 0.3 is 0 Å². The van der Waals surface area contributed by atoms with Crippen LogP contribution in [0.25, 0.3) is 0 Å². The number of benzene rings is 3. The van der Waals surface area contributed by atoms with E-state index >= 15 is 0 Å². The summed E-state index contributed by atoms with van der Waals surface area (Å²) in [6, 6.07) is 17.7. The van der Waals surface area contributed by atoms with Crippen molar-refractivity contribution in [1.29, 1.82) is 0 Å². The average Bonchev–Trinajstić information content (AvgIpc) is 2.64. The highest BCUT2D eigenvalue weighted by molar-refractivity contribution is 9.11. The number of hydrogen-bond donors (Lipinski definition) is 0. The maximum absolute atomic E-state index is 6.15. The molecule has 27 heavy (non-hydrogen) atoms. The minimum absolute atomic E-state index is 0.486. The molecule has 0 aliphatic heterocycles. The predicted octanol–water partition coefficient (Wildman–Crippen LogP) is 8.27. The van der Waals surface area contributed by atoms with Gasteiger partial charge in [0.05, 0.1) is 14.6 Å². The Kier molecular flexibility index (Phi) is 7.15. The van der Waals surface area contributed by atoms with Crippen molar-refractivity contribution in [3.63, 3.8) is 0 Å². The van der Waals surface area contributed by atoms with Gasteiger partial charge in [0.15, 0.2) is 0 Å². The second kappa shape index (κ2) is 9.37. The lowest BCUT2D eigenvalue weighted by atomic mass is 10.2. The summed E-state index contributed by atoms with van der Waals surface area (Å²) in [6.07, 6.45) is 1.81. The highest BCUT2D eigenvalue weighted by Gasteiger charge is 2.09. The third kappa shape index (κ3) is 5.44. The van der Waals surface area contributed by atoms with Gasteiger partial charge in [0, 0.05) is 15.7 Å². The monoisotopic (exact) mass is 569 g/mol. The van der Waals surface area contributed by atoms with Gasteiger partial charge in [-0.05, 0) is 91.9 Å². The number of ether oxygens (including phenoxy) is 1. The lowest BCUT2D eigenvalue weighted by molar-refractivity contribution is 0.302. The fourth-order valence-electron chi connectivity index (χ4n) is 2.41. The Balaban J connectivity index is 1.77. The fourth-order valence-corrected chi connectivity index (χ4v) is 4.29. The lowest BCUT2D eigenvalue weighted by Crippen LogP contribution is -1.97. The van der Waals surface area contributed by atoms with E-state index in [1.807, 2.05) is 67.7 Å². The maximum Gasteiger partial charge on any atom is 0.148 e. The Labute approximate surface area is 189 Å². The molecule has 0 unspecified atom stereocenters. The first-order valence-corrected chi connectivity index (χ1v) is 10.8. The van der Waals surface area contributed by atoms with E-state index in [0.29, 0.717) is 11.6 Å². The molecule has 0 aliphatic carbocycles. The summed E-state index contributed by atoms with van der Waals surface area (Å²) in [5.41, 5.74) is 3.86. The molecule has 0 atom stereocenters. The van der Waals surface area contributed by atoms with Crippen molar-refractivity contribution in [2.75, 3.05) is 0 Å². The predicted molar refractivity (Wildman–Crippen MR) is 124 cm³/mol. The minimum Gasteiger partial charge on any atom is -0.487 e. The van der Waals surface area contributed by atoms with Gasteiger partial charge in [-0.3, -0.25) is 4.99 Å². The fraction of sp³-hybridized carbons (Fsp3) is 0.0952. The number of nitrogens with zero attached hydrogens (tertiary/aromatic N) is 1. The molecular formula is C21H15Br3ClNO. The van der Waals surface area contributed by atoms with E-state index in [1.54, 1.807) is 0 Å². The van der Waals surface area contributed by atoms with Crippen LogP contribution in [-0.4, -0.2) is 6.21 Å². The van der Waals surface area contributed by atoms with E-state index < -0.39 is 0 Å². The van der Waals surface area contributed by atoms with Crippen LogP contribution in [0.1, 0.15) is 16.7 Å². The van der Waals surface area contributed by atoms with Crippen molar-refractivity contribution in [1.82, 2.24) is 0 Å². The van der Waals surface area contributed by atoms with Crippen LogP contribution >= 0.6 is 59.4 Å². The molecule has 6 heteroatoms. The summed E-state index contributed by atoms with van der Waals surface area (Å²) in [4.78, 5) is 4.55. The second-order valence-corrected chi connectivity index (χ2v) is 8.90. The molecule has 0 aromatic heterocycles. The summed E-state index contributed by atoms with van der Waals surface area (Å²) in [5.74, 6) is 0.758. The summed E-state index contributed by atoms with van der Waals surface area (Å²) < 4.78 is 8.74. The summed E-state index contributed by atoms with van der Waals surface area (Å²) in [6.45, 7) is 2.44. The van der Waals surface area contributed by atoms with Crippen LogP contribution in [0.5, 0.6) is 5.75 Å². The number of rotatable bonds is 5. The van der Waals surface area contributed by atoms with Gasteiger partial charge in [-0.1, -0.05) is 45.7 Å². The van der Waals surface area contributed by atoms with Crippen LogP contribution in [0.15, 0.2) is 73.0 Å². The van der Waals surface area contributed by atoms with Gasteiger partial charge in [0.1, 0.15) is 12.4 Å². The normalized spacial score (nSPS) is 11.1. The van der Waals surface area contributed by atoms with Crippen LogP contribution in [0.4, 0.5) is 5.69 Å². The molecule has 0 saturated carbocycles. The Morgan fingerprint density at radius 3 is 2.33 bits per heavy atom. The molecule has 0 radical (unpaired) electrons. The Hall–Kier alpha value is -1.14. The van der Waals surface area contributed by atoms with Crippen LogP contribution in [0.3, 0.4) is 0 Å². The van der Waals surface area contributed by atoms with Crippen molar-refractivity contribution in [2.24, 2.45) is 4.99 Å². The van der Waals surface area contributed by atoms with Crippen molar-refractivity contribution >= 4 is 71.3 Å². The Bertz CT molecular complexity index is 964. The lowest BCUT2D eigenvalue weighted by Gasteiger charge is -2.11. The molecule has 0 fully saturated rings. The zero-order chi connectivity index (χ0) is 19.4. The largest absolute Gasteiger partial charge is 0.487 e.